The standard InChI is InChI=1S/C19H22N2O3S/c1-12-16(17(22)23)21(18(25)20-12)14-11-19(9-5-2-6-10-19)24-15-8-4-3-7-13(14)15/h3-4,7-8,14H,2,5-6,9-11H2,1H3,(H,20,25)(H,22,23). The highest BCUT2D eigenvalue weighted by Crippen LogP contribution is 2.48. The first kappa shape index (κ1) is 16.4. The van der Waals surface area contributed by atoms with Gasteiger partial charge in [0.25, 0.3) is 0 Å². The van der Waals surface area contributed by atoms with E-state index in [2.05, 4.69) is 4.98 Å². The van der Waals surface area contributed by atoms with E-state index in [1.807, 2.05) is 24.3 Å². The van der Waals surface area contributed by atoms with Crippen molar-refractivity contribution in [3.8, 4) is 5.75 Å². The van der Waals surface area contributed by atoms with Gasteiger partial charge in [-0.3, -0.25) is 0 Å². The lowest BCUT2D eigenvalue weighted by Crippen LogP contribution is -2.44. The van der Waals surface area contributed by atoms with Gasteiger partial charge in [-0.05, 0) is 50.9 Å². The van der Waals surface area contributed by atoms with Crippen molar-refractivity contribution in [2.24, 2.45) is 0 Å². The third-order valence-electron chi connectivity index (χ3n) is 5.56. The van der Waals surface area contributed by atoms with Gasteiger partial charge in [0.05, 0.1) is 6.04 Å². The van der Waals surface area contributed by atoms with Crippen LogP contribution in [-0.2, 0) is 0 Å². The molecule has 4 rings (SSSR count). The molecule has 1 fully saturated rings. The van der Waals surface area contributed by atoms with Gasteiger partial charge in [-0.1, -0.05) is 24.6 Å². The molecule has 1 spiro atoms. The molecule has 132 valence electrons. The topological polar surface area (TPSA) is 67.2 Å². The van der Waals surface area contributed by atoms with E-state index < -0.39 is 5.97 Å². The van der Waals surface area contributed by atoms with E-state index in [1.54, 1.807) is 11.5 Å². The van der Waals surface area contributed by atoms with E-state index in [9.17, 15) is 9.90 Å². The highest BCUT2D eigenvalue weighted by atomic mass is 32.1. The lowest BCUT2D eigenvalue weighted by atomic mass is 9.77. The molecule has 1 aliphatic heterocycles. The fourth-order valence-electron chi connectivity index (χ4n) is 4.44. The van der Waals surface area contributed by atoms with Crippen molar-refractivity contribution in [2.45, 2.75) is 57.1 Å². The summed E-state index contributed by atoms with van der Waals surface area (Å²) in [5, 5.41) is 9.72. The van der Waals surface area contributed by atoms with Crippen LogP contribution in [0.25, 0.3) is 0 Å². The van der Waals surface area contributed by atoms with E-state index in [0.717, 1.165) is 43.4 Å². The lowest BCUT2D eigenvalue weighted by molar-refractivity contribution is -0.00274. The van der Waals surface area contributed by atoms with Crippen molar-refractivity contribution in [3.05, 3.63) is 46.0 Å². The van der Waals surface area contributed by atoms with Gasteiger partial charge >= 0.3 is 5.97 Å². The van der Waals surface area contributed by atoms with Gasteiger partial charge in [-0.15, -0.1) is 0 Å². The molecular formula is C19H22N2O3S. The Balaban J connectivity index is 1.89. The molecule has 1 saturated carbocycles. The number of nitrogens with one attached hydrogen (secondary N) is 1. The average molecular weight is 358 g/mol. The van der Waals surface area contributed by atoms with Crippen LogP contribution in [-0.4, -0.2) is 26.2 Å². The number of carboxylic acid groups (broad SMARTS) is 1. The highest BCUT2D eigenvalue weighted by molar-refractivity contribution is 7.71. The summed E-state index contributed by atoms with van der Waals surface area (Å²) in [4.78, 5) is 14.9. The number of fused-ring (bicyclic) bond motifs is 1. The fraction of sp³-hybridized carbons (Fsp3) is 0.474. The minimum Gasteiger partial charge on any atom is -0.487 e. The third kappa shape index (κ3) is 2.68. The monoisotopic (exact) mass is 358 g/mol. The number of para-hydroxylation sites is 1. The summed E-state index contributed by atoms with van der Waals surface area (Å²) in [6, 6.07) is 7.83. The van der Waals surface area contributed by atoms with Crippen LogP contribution >= 0.6 is 12.2 Å². The second-order valence-corrected chi connectivity index (χ2v) is 7.57. The maximum atomic E-state index is 11.9. The number of imidazole rings is 1. The van der Waals surface area contributed by atoms with Gasteiger partial charge in [0, 0.05) is 17.7 Å². The number of carbonyl (C=O) groups is 1. The second-order valence-electron chi connectivity index (χ2n) is 7.18. The Morgan fingerprint density at radius 3 is 2.76 bits per heavy atom. The van der Waals surface area contributed by atoms with Crippen LogP contribution in [0.2, 0.25) is 0 Å². The minimum atomic E-state index is -0.952. The Hall–Kier alpha value is -2.08. The third-order valence-corrected chi connectivity index (χ3v) is 5.86. The Labute approximate surface area is 151 Å². The van der Waals surface area contributed by atoms with Crippen LogP contribution in [0, 0.1) is 11.7 Å². The number of hydrogen-bond acceptors (Lipinski definition) is 3. The van der Waals surface area contributed by atoms with Crippen LogP contribution in [0.3, 0.4) is 0 Å². The number of benzene rings is 1. The second kappa shape index (κ2) is 6.02. The molecule has 0 radical (unpaired) electrons. The van der Waals surface area contributed by atoms with Crippen molar-refractivity contribution in [3.63, 3.8) is 0 Å². The number of carboxylic acids is 1. The summed E-state index contributed by atoms with van der Waals surface area (Å²) in [5.74, 6) is -0.0933. The summed E-state index contributed by atoms with van der Waals surface area (Å²) < 4.78 is 8.70. The Morgan fingerprint density at radius 2 is 2.04 bits per heavy atom. The Morgan fingerprint density at radius 1 is 1.32 bits per heavy atom. The van der Waals surface area contributed by atoms with E-state index >= 15 is 0 Å². The van der Waals surface area contributed by atoms with E-state index in [1.165, 1.54) is 6.42 Å². The van der Waals surface area contributed by atoms with Crippen molar-refractivity contribution >= 4 is 18.2 Å². The number of aromatic carboxylic acids is 1. The van der Waals surface area contributed by atoms with Gasteiger partial charge in [0.1, 0.15) is 17.0 Å². The number of nitrogens with zero attached hydrogens (tertiary/aromatic N) is 1. The zero-order valence-electron chi connectivity index (χ0n) is 14.2. The summed E-state index contributed by atoms with van der Waals surface area (Å²) in [7, 11) is 0. The molecule has 2 heterocycles. The maximum Gasteiger partial charge on any atom is 0.354 e. The first-order valence-electron chi connectivity index (χ1n) is 8.83. The molecule has 0 amide bonds. The minimum absolute atomic E-state index is 0.119. The molecular weight excluding hydrogens is 336 g/mol. The number of aromatic amines is 1. The molecule has 1 unspecified atom stereocenters. The predicted molar refractivity (Wildman–Crippen MR) is 97.0 cm³/mol. The molecule has 1 atom stereocenters. The largest absolute Gasteiger partial charge is 0.487 e. The number of ether oxygens (including phenoxy) is 1. The molecule has 2 aromatic rings. The van der Waals surface area contributed by atoms with Gasteiger partial charge in [-0.25, -0.2) is 4.79 Å². The van der Waals surface area contributed by atoms with Gasteiger partial charge in [0.15, 0.2) is 4.77 Å². The van der Waals surface area contributed by atoms with Crippen LogP contribution in [0.1, 0.15) is 66.3 Å². The van der Waals surface area contributed by atoms with Crippen molar-refractivity contribution in [1.29, 1.82) is 0 Å². The van der Waals surface area contributed by atoms with Crippen LogP contribution < -0.4 is 4.74 Å². The van der Waals surface area contributed by atoms with Gasteiger partial charge in [-0.2, -0.15) is 0 Å². The number of H-pyrrole nitrogens is 1. The van der Waals surface area contributed by atoms with E-state index in [-0.39, 0.29) is 17.3 Å². The zero-order valence-corrected chi connectivity index (χ0v) is 15.1. The number of rotatable bonds is 2. The quantitative estimate of drug-likeness (QED) is 0.768. The normalized spacial score (nSPS) is 21.6. The highest BCUT2D eigenvalue weighted by Gasteiger charge is 2.43. The molecule has 2 aliphatic rings. The average Bonchev–Trinajstić information content (AvgIpc) is 2.89. The van der Waals surface area contributed by atoms with Crippen molar-refractivity contribution in [1.82, 2.24) is 9.55 Å². The fourth-order valence-corrected chi connectivity index (χ4v) is 4.81. The smallest absolute Gasteiger partial charge is 0.354 e. The number of hydrogen-bond donors (Lipinski definition) is 2. The number of aromatic nitrogens is 2. The summed E-state index contributed by atoms with van der Waals surface area (Å²) in [6.07, 6.45) is 6.32. The van der Waals surface area contributed by atoms with Crippen molar-refractivity contribution < 1.29 is 14.6 Å². The van der Waals surface area contributed by atoms with Crippen molar-refractivity contribution in [2.75, 3.05) is 0 Å². The van der Waals surface area contributed by atoms with Crippen LogP contribution in [0.15, 0.2) is 24.3 Å². The summed E-state index contributed by atoms with van der Waals surface area (Å²) >= 11 is 5.48. The summed E-state index contributed by atoms with van der Waals surface area (Å²) in [6.45, 7) is 1.76. The van der Waals surface area contributed by atoms with Crippen LogP contribution in [0.4, 0.5) is 0 Å². The molecule has 5 nitrogen and oxygen atoms in total. The zero-order chi connectivity index (χ0) is 17.6. The summed E-state index contributed by atoms with van der Waals surface area (Å²) in [5.41, 5.74) is 1.64. The molecule has 1 aliphatic carbocycles. The molecule has 0 bridgehead atoms. The van der Waals surface area contributed by atoms with Gasteiger partial charge in [0.2, 0.25) is 0 Å². The lowest BCUT2D eigenvalue weighted by Gasteiger charge is -2.45. The molecule has 0 saturated heterocycles. The maximum absolute atomic E-state index is 11.9. The molecule has 1 aromatic carbocycles. The van der Waals surface area contributed by atoms with E-state index in [0.29, 0.717) is 10.5 Å². The molecule has 6 heteroatoms. The van der Waals surface area contributed by atoms with E-state index in [4.69, 9.17) is 17.0 Å². The SMILES string of the molecule is Cc1[nH]c(=S)n(C2CC3(CCCCC3)Oc3ccccc32)c1C(=O)O. The first-order valence-corrected chi connectivity index (χ1v) is 9.24. The number of aryl methyl sites for hydroxylation is 1. The predicted octanol–water partition coefficient (Wildman–Crippen LogP) is 4.63. The first-order chi connectivity index (χ1) is 12.0. The van der Waals surface area contributed by atoms with Crippen LogP contribution in [0.5, 0.6) is 5.75 Å². The Kier molecular flexibility index (Phi) is 3.95. The Bertz CT molecular complexity index is 877. The molecule has 25 heavy (non-hydrogen) atoms. The molecule has 1 aromatic heterocycles. The molecule has 2 N–H and O–H groups in total. The van der Waals surface area contributed by atoms with Gasteiger partial charge < -0.3 is 19.4 Å².